The van der Waals surface area contributed by atoms with Crippen molar-refractivity contribution in [2.75, 3.05) is 13.7 Å². The highest BCUT2D eigenvalue weighted by Crippen LogP contribution is 1.90. The van der Waals surface area contributed by atoms with Crippen LogP contribution in [-0.4, -0.2) is 23.3 Å². The van der Waals surface area contributed by atoms with Gasteiger partial charge in [-0.15, -0.1) is 0 Å². The highest BCUT2D eigenvalue weighted by atomic mass is 16.5. The van der Waals surface area contributed by atoms with Crippen LogP contribution in [-0.2, 0) is 11.3 Å². The standard InChI is InChI=1S/C9H14N2O3/c1-14-7-3-2-6-11-8(12)4-5-10-9(11)13/h4-5H,2-3,6-7H2,1H3,(H,10,13). The third-order valence-corrected chi connectivity index (χ3v) is 1.92. The van der Waals surface area contributed by atoms with Crippen LogP contribution in [0.5, 0.6) is 0 Å². The predicted octanol–water partition coefficient (Wildman–Crippen LogP) is -0.0368. The van der Waals surface area contributed by atoms with Gasteiger partial charge in [-0.1, -0.05) is 0 Å². The first-order valence-corrected chi connectivity index (χ1v) is 4.53. The van der Waals surface area contributed by atoms with Crippen LogP contribution in [0.25, 0.3) is 0 Å². The Bertz CT molecular complexity index is 352. The molecule has 5 nitrogen and oxygen atoms in total. The lowest BCUT2D eigenvalue weighted by Crippen LogP contribution is -2.33. The van der Waals surface area contributed by atoms with Crippen molar-refractivity contribution in [3.05, 3.63) is 33.1 Å². The van der Waals surface area contributed by atoms with Gasteiger partial charge in [-0.25, -0.2) is 4.79 Å². The molecule has 0 aliphatic rings. The average Bonchev–Trinajstić information content (AvgIpc) is 2.16. The van der Waals surface area contributed by atoms with E-state index in [-0.39, 0.29) is 11.2 Å². The molecule has 0 aliphatic carbocycles. The largest absolute Gasteiger partial charge is 0.385 e. The van der Waals surface area contributed by atoms with Crippen LogP contribution >= 0.6 is 0 Å². The van der Waals surface area contributed by atoms with Crippen LogP contribution in [0.3, 0.4) is 0 Å². The fraction of sp³-hybridized carbons (Fsp3) is 0.556. The summed E-state index contributed by atoms with van der Waals surface area (Å²) < 4.78 is 6.06. The van der Waals surface area contributed by atoms with Crippen molar-refractivity contribution < 1.29 is 4.74 Å². The number of aromatic nitrogens is 2. The van der Waals surface area contributed by atoms with Gasteiger partial charge in [-0.2, -0.15) is 0 Å². The van der Waals surface area contributed by atoms with Gasteiger partial charge in [0.05, 0.1) is 0 Å². The summed E-state index contributed by atoms with van der Waals surface area (Å²) in [6.45, 7) is 1.10. The van der Waals surface area contributed by atoms with Gasteiger partial charge in [0, 0.05) is 32.5 Å². The summed E-state index contributed by atoms with van der Waals surface area (Å²) >= 11 is 0. The molecule has 0 atom stereocenters. The summed E-state index contributed by atoms with van der Waals surface area (Å²) in [5.74, 6) is 0. The fourth-order valence-electron chi connectivity index (χ4n) is 1.18. The molecule has 0 bridgehead atoms. The van der Waals surface area contributed by atoms with Crippen molar-refractivity contribution in [1.29, 1.82) is 0 Å². The van der Waals surface area contributed by atoms with E-state index in [0.29, 0.717) is 13.2 Å². The van der Waals surface area contributed by atoms with Gasteiger partial charge in [-0.3, -0.25) is 9.36 Å². The minimum absolute atomic E-state index is 0.258. The minimum Gasteiger partial charge on any atom is -0.385 e. The van der Waals surface area contributed by atoms with Gasteiger partial charge in [0.2, 0.25) is 0 Å². The molecule has 0 saturated carbocycles. The lowest BCUT2D eigenvalue weighted by atomic mass is 10.3. The summed E-state index contributed by atoms with van der Waals surface area (Å²) in [7, 11) is 1.63. The van der Waals surface area contributed by atoms with Gasteiger partial charge < -0.3 is 9.72 Å². The van der Waals surface area contributed by atoms with Crippen molar-refractivity contribution in [3.63, 3.8) is 0 Å². The molecule has 0 saturated heterocycles. The van der Waals surface area contributed by atoms with Crippen LogP contribution in [0.15, 0.2) is 21.9 Å². The van der Waals surface area contributed by atoms with E-state index < -0.39 is 0 Å². The number of hydrogen-bond donors (Lipinski definition) is 1. The number of ether oxygens (including phenoxy) is 1. The Morgan fingerprint density at radius 1 is 1.43 bits per heavy atom. The smallest absolute Gasteiger partial charge is 0.328 e. The minimum atomic E-state index is -0.352. The topological polar surface area (TPSA) is 64.1 Å². The molecule has 0 aromatic carbocycles. The molecule has 0 radical (unpaired) electrons. The van der Waals surface area contributed by atoms with Crippen LogP contribution in [0.4, 0.5) is 0 Å². The van der Waals surface area contributed by atoms with Crippen molar-refractivity contribution in [1.82, 2.24) is 9.55 Å². The SMILES string of the molecule is COCCCCn1c(=O)cc[nH]c1=O. The molecule has 14 heavy (non-hydrogen) atoms. The maximum atomic E-state index is 11.2. The Labute approximate surface area is 81.3 Å². The zero-order chi connectivity index (χ0) is 10.4. The van der Waals surface area contributed by atoms with Gasteiger partial charge >= 0.3 is 5.69 Å². The van der Waals surface area contributed by atoms with E-state index in [2.05, 4.69) is 4.98 Å². The number of methoxy groups -OCH3 is 1. The molecule has 5 heteroatoms. The summed E-state index contributed by atoms with van der Waals surface area (Å²) in [6, 6.07) is 1.34. The first kappa shape index (κ1) is 10.7. The fourth-order valence-corrected chi connectivity index (χ4v) is 1.18. The zero-order valence-electron chi connectivity index (χ0n) is 8.16. The molecule has 0 unspecified atom stereocenters. The summed E-state index contributed by atoms with van der Waals surface area (Å²) in [4.78, 5) is 24.9. The Hall–Kier alpha value is -1.36. The van der Waals surface area contributed by atoms with E-state index in [1.165, 1.54) is 16.8 Å². The van der Waals surface area contributed by atoms with Crippen molar-refractivity contribution in [3.8, 4) is 0 Å². The van der Waals surface area contributed by atoms with Crippen LogP contribution < -0.4 is 11.2 Å². The number of rotatable bonds is 5. The lowest BCUT2D eigenvalue weighted by molar-refractivity contribution is 0.191. The normalized spacial score (nSPS) is 10.4. The van der Waals surface area contributed by atoms with Gasteiger partial charge in [0.1, 0.15) is 0 Å². The van der Waals surface area contributed by atoms with Crippen LogP contribution in [0, 0.1) is 0 Å². The molecular weight excluding hydrogens is 184 g/mol. The molecule has 1 N–H and O–H groups in total. The van der Waals surface area contributed by atoms with Crippen LogP contribution in [0.2, 0.25) is 0 Å². The number of aromatic amines is 1. The quantitative estimate of drug-likeness (QED) is 0.675. The Balaban J connectivity index is 2.59. The van der Waals surface area contributed by atoms with Crippen LogP contribution in [0.1, 0.15) is 12.8 Å². The van der Waals surface area contributed by atoms with E-state index in [9.17, 15) is 9.59 Å². The Kier molecular flexibility index (Phi) is 4.12. The molecule has 0 aliphatic heterocycles. The summed E-state index contributed by atoms with van der Waals surface area (Å²) in [5, 5.41) is 0. The first-order valence-electron chi connectivity index (χ1n) is 4.53. The molecule has 1 aromatic rings. The lowest BCUT2D eigenvalue weighted by Gasteiger charge is -2.02. The van der Waals surface area contributed by atoms with E-state index in [1.807, 2.05) is 0 Å². The van der Waals surface area contributed by atoms with E-state index >= 15 is 0 Å². The second-order valence-electron chi connectivity index (χ2n) is 2.97. The maximum absolute atomic E-state index is 11.2. The second kappa shape index (κ2) is 5.39. The average molecular weight is 198 g/mol. The number of H-pyrrole nitrogens is 1. The molecule has 0 fully saturated rings. The second-order valence-corrected chi connectivity index (χ2v) is 2.97. The molecule has 0 amide bonds. The van der Waals surface area contributed by atoms with Gasteiger partial charge in [0.25, 0.3) is 5.56 Å². The Morgan fingerprint density at radius 3 is 2.86 bits per heavy atom. The van der Waals surface area contributed by atoms with Crippen molar-refractivity contribution in [2.45, 2.75) is 19.4 Å². The van der Waals surface area contributed by atoms with Gasteiger partial charge in [-0.05, 0) is 12.8 Å². The third kappa shape index (κ3) is 2.85. The maximum Gasteiger partial charge on any atom is 0.328 e. The van der Waals surface area contributed by atoms with Gasteiger partial charge in [0.15, 0.2) is 0 Å². The summed E-state index contributed by atoms with van der Waals surface area (Å²) in [6.07, 6.45) is 2.97. The number of hydrogen-bond acceptors (Lipinski definition) is 3. The van der Waals surface area contributed by atoms with Crippen molar-refractivity contribution >= 4 is 0 Å². The molecule has 1 heterocycles. The molecule has 1 aromatic heterocycles. The van der Waals surface area contributed by atoms with Crippen molar-refractivity contribution in [2.24, 2.45) is 0 Å². The highest BCUT2D eigenvalue weighted by Gasteiger charge is 1.98. The molecule has 0 spiro atoms. The van der Waals surface area contributed by atoms with E-state index in [4.69, 9.17) is 4.74 Å². The third-order valence-electron chi connectivity index (χ3n) is 1.92. The number of unbranched alkanes of at least 4 members (excludes halogenated alkanes) is 1. The highest BCUT2D eigenvalue weighted by molar-refractivity contribution is 4.82. The first-order chi connectivity index (χ1) is 6.75. The molecule has 78 valence electrons. The van der Waals surface area contributed by atoms with E-state index in [0.717, 1.165) is 12.8 Å². The molecular formula is C9H14N2O3. The monoisotopic (exact) mass is 198 g/mol. The predicted molar refractivity (Wildman–Crippen MR) is 52.4 cm³/mol. The summed E-state index contributed by atoms with van der Waals surface area (Å²) in [5.41, 5.74) is -0.610. The number of nitrogens with zero attached hydrogens (tertiary/aromatic N) is 1. The zero-order valence-corrected chi connectivity index (χ0v) is 8.16. The number of nitrogens with one attached hydrogen (secondary N) is 1. The van der Waals surface area contributed by atoms with E-state index in [1.54, 1.807) is 7.11 Å². The Morgan fingerprint density at radius 2 is 2.21 bits per heavy atom. The molecule has 1 rings (SSSR count).